The van der Waals surface area contributed by atoms with Gasteiger partial charge in [0, 0.05) is 82.3 Å². The fourth-order valence-electron chi connectivity index (χ4n) is 11.4. The third-order valence-corrected chi connectivity index (χ3v) is 17.2. The van der Waals surface area contributed by atoms with E-state index < -0.39 is 100 Å². The van der Waals surface area contributed by atoms with Crippen molar-refractivity contribution in [2.24, 2.45) is 0 Å². The van der Waals surface area contributed by atoms with Crippen molar-refractivity contribution in [2.45, 2.75) is 20.8 Å². The first-order chi connectivity index (χ1) is 58.9. The fourth-order valence-corrected chi connectivity index (χ4v) is 11.4. The van der Waals surface area contributed by atoms with E-state index in [-0.39, 0.29) is 73.3 Å². The molecule has 17 N–H and O–H groups in total. The van der Waals surface area contributed by atoms with Crippen LogP contribution >= 0.6 is 0 Å². The summed E-state index contributed by atoms with van der Waals surface area (Å²) < 4.78 is 0. The lowest BCUT2D eigenvalue weighted by atomic mass is 9.95. The van der Waals surface area contributed by atoms with Crippen LogP contribution in [0.2, 0.25) is 0 Å². The summed E-state index contributed by atoms with van der Waals surface area (Å²) in [6, 6.07) is 60.1. The summed E-state index contributed by atoms with van der Waals surface area (Å²) in [5.74, 6) is -16.0. The van der Waals surface area contributed by atoms with Crippen LogP contribution in [0, 0.1) is 13.8 Å². The number of aliphatic carboxylic acids is 2. The molecule has 0 radical (unpaired) electrons. The average Bonchev–Trinajstić information content (AvgIpc) is 0.818. The maximum absolute atomic E-state index is 12.8. The molecule has 0 saturated heterocycles. The lowest BCUT2D eigenvalue weighted by molar-refractivity contribution is -0.132. The highest BCUT2D eigenvalue weighted by Crippen LogP contribution is 2.32. The second-order valence-electron chi connectivity index (χ2n) is 25.9. The third kappa shape index (κ3) is 25.9. The Hall–Kier alpha value is -18.1. The number of aryl methyl sites for hydroxylation is 2. The van der Waals surface area contributed by atoms with Crippen molar-refractivity contribution in [1.82, 2.24) is 0 Å². The molecule has 0 aliphatic rings. The molecule has 11 aromatic carbocycles. The Morgan fingerprint density at radius 3 is 0.782 bits per heavy atom. The number of rotatable bonds is 26. The number of hydrogen-bond donors (Lipinski definition) is 17. The molecule has 0 spiro atoms. The minimum Gasteiger partial charge on any atom is -0.478 e. The number of nitrogens with one attached hydrogen (secondary N) is 8. The van der Waals surface area contributed by atoms with Gasteiger partial charge in [-0.2, -0.15) is 0 Å². The Labute approximate surface area is 701 Å². The first-order valence-electron chi connectivity index (χ1n) is 36.0. The van der Waals surface area contributed by atoms with Crippen LogP contribution in [-0.2, 0) is 24.0 Å². The monoisotopic (exact) mass is 1680 g/mol. The summed E-state index contributed by atoms with van der Waals surface area (Å²) in [6.45, 7) is 5.05. The van der Waals surface area contributed by atoms with Gasteiger partial charge in [0.05, 0.1) is 61.2 Å². The van der Waals surface area contributed by atoms with Gasteiger partial charge in [-0.25, -0.2) is 43.2 Å². The summed E-state index contributed by atoms with van der Waals surface area (Å²) in [7, 11) is 0. The smallest absolute Gasteiger partial charge is 0.336 e. The highest BCUT2D eigenvalue weighted by atomic mass is 16.4. The summed E-state index contributed by atoms with van der Waals surface area (Å²) in [4.78, 5) is 198. The van der Waals surface area contributed by atoms with Crippen LogP contribution in [-0.4, -0.2) is 147 Å². The van der Waals surface area contributed by atoms with Gasteiger partial charge in [-0.3, -0.25) is 38.4 Å². The standard InChI is InChI=1S/C24H16N2O10.C22H16N2O6.C22H20N2O6.C22H18N2O4/c27-19(17-9-11(21(29)30)1-7-15(17)23(33)34)25-13-3-5-14(6-4-13)26-20(28)18-10-12(22(31)32)2-8-16(18)24(35)36;25-19(15-5-1-3-7-17(15)21(27)28)23-13-9-11-14(12-10-13)24-20(26)16-6-2-4-8-18(16)22(29)30;1-13-11-15(3-5-17(13)23-19(25)7-9-21(27)28)16-4-6-18(14(2)12-16)24-20(26)8-10-22(29)30;1-14(25)23-15-10-12-16(13-11-15)24-21(26)19-8-4-2-6-17(19)18-7-3-5-9-20(18)22(27)28/h1-10H,(H,25,27)(H,26,28)(H,29,30)(H,31,32)(H,33,34)(H,35,36);1-12H,(H,23,25)(H,24,26)(H,27,28)(H,29,30);3-12H,1-2H3,(H,23,25)(H,24,26)(H,27,28)(H,29,30);2-13H,1H3,(H,23,25)(H,24,26)(H,27,28)/b;;9-7+,10-8+;. The number of carbonyl (C=O) groups excluding carboxylic acids is 8. The van der Waals surface area contributed by atoms with Gasteiger partial charge in [-0.15, -0.1) is 0 Å². The van der Waals surface area contributed by atoms with Crippen LogP contribution in [0.3, 0.4) is 0 Å². The van der Waals surface area contributed by atoms with E-state index in [2.05, 4.69) is 42.5 Å². The van der Waals surface area contributed by atoms with Crippen molar-refractivity contribution in [3.8, 4) is 22.3 Å². The average molecular weight is 1680 g/mol. The van der Waals surface area contributed by atoms with Crippen LogP contribution in [0.15, 0.2) is 267 Å². The van der Waals surface area contributed by atoms with Crippen LogP contribution in [0.5, 0.6) is 0 Å². The molecule has 11 rings (SSSR count). The molecule has 0 bridgehead atoms. The number of carboxylic acid groups (broad SMARTS) is 9. The summed E-state index contributed by atoms with van der Waals surface area (Å²) >= 11 is 0. The molecule has 34 nitrogen and oxygen atoms in total. The van der Waals surface area contributed by atoms with E-state index in [4.69, 9.17) is 20.4 Å². The quantitative estimate of drug-likeness (QED) is 0.0224. The molecule has 0 aliphatic carbocycles. The Kier molecular flexibility index (Phi) is 31.5. The van der Waals surface area contributed by atoms with Gasteiger partial charge < -0.3 is 88.5 Å². The van der Waals surface area contributed by atoms with Crippen molar-refractivity contribution in [1.29, 1.82) is 0 Å². The van der Waals surface area contributed by atoms with E-state index in [1.54, 1.807) is 91.0 Å². The van der Waals surface area contributed by atoms with Gasteiger partial charge >= 0.3 is 53.7 Å². The van der Waals surface area contributed by atoms with Crippen LogP contribution in [0.4, 0.5) is 45.5 Å². The predicted molar refractivity (Wildman–Crippen MR) is 452 cm³/mol. The lowest BCUT2D eigenvalue weighted by Crippen LogP contribution is -2.18. The van der Waals surface area contributed by atoms with Crippen LogP contribution < -0.4 is 42.5 Å². The van der Waals surface area contributed by atoms with E-state index in [0.717, 1.165) is 83.0 Å². The van der Waals surface area contributed by atoms with E-state index in [1.807, 2.05) is 38.1 Å². The molecule has 8 amide bonds. The molecular formula is C90H70N8O26. The number of aromatic carboxylic acids is 7. The SMILES string of the molecule is CC(=O)Nc1ccc(NC(=O)c2ccccc2-c2ccccc2C(=O)O)cc1.Cc1cc(-c2ccc(NC(=O)/C=C/C(=O)O)c(C)c2)ccc1NC(=O)/C=C/C(=O)O.O=C(O)c1ccc(C(=O)O)c(C(=O)Nc2ccc(NC(=O)c3cc(C(=O)O)ccc3C(=O)O)cc2)c1.O=C(O)c1ccccc1C(=O)Nc1ccc(NC(=O)c2ccccc2C(=O)O)cc1. The van der Waals surface area contributed by atoms with Crippen molar-refractivity contribution in [2.75, 3.05) is 42.5 Å². The largest absolute Gasteiger partial charge is 0.478 e. The van der Waals surface area contributed by atoms with Gasteiger partial charge in [0.1, 0.15) is 0 Å². The molecule has 34 heteroatoms. The summed E-state index contributed by atoms with van der Waals surface area (Å²) in [6.07, 6.45) is 3.41. The second-order valence-corrected chi connectivity index (χ2v) is 25.9. The molecule has 124 heavy (non-hydrogen) atoms. The van der Waals surface area contributed by atoms with E-state index in [1.165, 1.54) is 97.9 Å². The normalized spacial score (nSPS) is 10.3. The number of benzene rings is 11. The summed E-state index contributed by atoms with van der Waals surface area (Å²) in [5, 5.41) is 103. The van der Waals surface area contributed by atoms with E-state index >= 15 is 0 Å². The maximum atomic E-state index is 12.8. The first-order valence-corrected chi connectivity index (χ1v) is 36.0. The van der Waals surface area contributed by atoms with Crippen molar-refractivity contribution < 1.29 is 127 Å². The zero-order valence-electron chi connectivity index (χ0n) is 64.9. The van der Waals surface area contributed by atoms with Crippen molar-refractivity contribution >= 4 is 146 Å². The molecule has 0 heterocycles. The molecule has 0 unspecified atom stereocenters. The molecule has 626 valence electrons. The maximum Gasteiger partial charge on any atom is 0.336 e. The molecule has 0 fully saturated rings. The zero-order chi connectivity index (χ0) is 90.6. The highest BCUT2D eigenvalue weighted by Gasteiger charge is 2.25. The number of anilines is 8. The highest BCUT2D eigenvalue weighted by molar-refractivity contribution is 6.16. The number of hydrogen-bond acceptors (Lipinski definition) is 17. The second kappa shape index (κ2) is 42.7. The fraction of sp³-hybridized carbons (Fsp3) is 0.0333. The van der Waals surface area contributed by atoms with E-state index in [9.17, 15) is 107 Å². The minimum atomic E-state index is -1.43. The minimum absolute atomic E-state index is 0.0210. The zero-order valence-corrected chi connectivity index (χ0v) is 64.9. The van der Waals surface area contributed by atoms with Gasteiger partial charge in [-0.05, 0) is 217 Å². The first kappa shape index (κ1) is 91.4. The van der Waals surface area contributed by atoms with Crippen LogP contribution in [0.25, 0.3) is 22.3 Å². The Morgan fingerprint density at radius 2 is 0.492 bits per heavy atom. The molecule has 11 aromatic rings. The Morgan fingerprint density at radius 1 is 0.234 bits per heavy atom. The molecule has 0 saturated carbocycles. The molecular weight excluding hydrogens is 1610 g/mol. The van der Waals surface area contributed by atoms with Crippen molar-refractivity contribution in [3.05, 3.63) is 345 Å². The lowest BCUT2D eigenvalue weighted by Gasteiger charge is -2.12. The number of amides is 8. The van der Waals surface area contributed by atoms with Gasteiger partial charge in [-0.1, -0.05) is 72.8 Å². The number of carbonyl (C=O) groups is 17. The molecule has 0 atom stereocenters. The summed E-state index contributed by atoms with van der Waals surface area (Å²) in [5.41, 5.74) is 5.98. The number of carboxylic acids is 9. The van der Waals surface area contributed by atoms with Gasteiger partial charge in [0.25, 0.3) is 29.5 Å². The van der Waals surface area contributed by atoms with Crippen molar-refractivity contribution in [3.63, 3.8) is 0 Å². The third-order valence-electron chi connectivity index (χ3n) is 17.2. The Balaban J connectivity index is 0.000000206. The Bertz CT molecular complexity index is 5870. The van der Waals surface area contributed by atoms with Crippen LogP contribution in [0.1, 0.15) is 142 Å². The van der Waals surface area contributed by atoms with E-state index in [0.29, 0.717) is 50.8 Å². The van der Waals surface area contributed by atoms with Gasteiger partial charge in [0.2, 0.25) is 17.7 Å². The molecule has 0 aliphatic heterocycles. The predicted octanol–water partition coefficient (Wildman–Crippen LogP) is 14.0. The topological polar surface area (TPSA) is 568 Å². The molecule has 0 aromatic heterocycles. The van der Waals surface area contributed by atoms with Gasteiger partial charge in [0.15, 0.2) is 0 Å².